The first-order valence-corrected chi connectivity index (χ1v) is 9.94. The molecule has 0 aliphatic heterocycles. The summed E-state index contributed by atoms with van der Waals surface area (Å²) in [5, 5.41) is 3.25. The third-order valence-corrected chi connectivity index (χ3v) is 5.50. The number of carbonyl (C=O) groups excluding carboxylic acids is 1. The van der Waals surface area contributed by atoms with E-state index >= 15 is 0 Å². The molecule has 30 heavy (non-hydrogen) atoms. The van der Waals surface area contributed by atoms with E-state index in [9.17, 15) is 4.79 Å². The highest BCUT2D eigenvalue weighted by atomic mass is 16.5. The van der Waals surface area contributed by atoms with Gasteiger partial charge in [-0.25, -0.2) is 9.97 Å². The van der Waals surface area contributed by atoms with Gasteiger partial charge in [-0.3, -0.25) is 4.79 Å². The van der Waals surface area contributed by atoms with E-state index in [-0.39, 0.29) is 11.7 Å². The first-order chi connectivity index (χ1) is 14.5. The molecule has 0 saturated heterocycles. The van der Waals surface area contributed by atoms with Gasteiger partial charge in [-0.2, -0.15) is 0 Å². The van der Waals surface area contributed by atoms with Gasteiger partial charge in [0, 0.05) is 12.1 Å². The molecule has 0 saturated carbocycles. The predicted molar refractivity (Wildman–Crippen MR) is 116 cm³/mol. The number of fused-ring (bicyclic) bond motifs is 1. The summed E-state index contributed by atoms with van der Waals surface area (Å²) in [6.45, 7) is 3.92. The fourth-order valence-corrected chi connectivity index (χ4v) is 3.94. The van der Waals surface area contributed by atoms with E-state index in [0.717, 1.165) is 16.9 Å². The molecule has 4 rings (SSSR count). The molecular formula is C24H25N3O3. The van der Waals surface area contributed by atoms with Crippen molar-refractivity contribution in [2.75, 3.05) is 19.5 Å². The maximum Gasteiger partial charge on any atom is 0.227 e. The molecule has 1 aliphatic carbocycles. The van der Waals surface area contributed by atoms with Gasteiger partial charge in [0.05, 0.1) is 31.2 Å². The summed E-state index contributed by atoms with van der Waals surface area (Å²) in [5.41, 5.74) is 5.29. The smallest absolute Gasteiger partial charge is 0.227 e. The second kappa shape index (κ2) is 8.14. The number of Topliss-reactive ketones (excluding diaryl/α,β-unsaturated/α-hetero) is 1. The Bertz CT molecular complexity index is 1090. The van der Waals surface area contributed by atoms with Crippen LogP contribution in [0.25, 0.3) is 0 Å². The number of rotatable bonds is 5. The minimum atomic E-state index is 0.0336. The van der Waals surface area contributed by atoms with Gasteiger partial charge in [0.25, 0.3) is 0 Å². The van der Waals surface area contributed by atoms with Gasteiger partial charge in [0.15, 0.2) is 17.3 Å². The van der Waals surface area contributed by atoms with Gasteiger partial charge < -0.3 is 14.8 Å². The number of hydrogen-bond acceptors (Lipinski definition) is 6. The molecule has 1 aromatic heterocycles. The number of benzene rings is 2. The van der Waals surface area contributed by atoms with Crippen molar-refractivity contribution in [2.45, 2.75) is 32.6 Å². The molecule has 154 valence electrons. The number of methoxy groups -OCH3 is 2. The van der Waals surface area contributed by atoms with Crippen molar-refractivity contribution in [1.29, 1.82) is 0 Å². The first-order valence-electron chi connectivity index (χ1n) is 9.94. The fourth-order valence-electron chi connectivity index (χ4n) is 3.94. The molecule has 0 unspecified atom stereocenters. The number of nitrogens with one attached hydrogen (secondary N) is 1. The highest BCUT2D eigenvalue weighted by Crippen LogP contribution is 2.37. The van der Waals surface area contributed by atoms with E-state index in [2.05, 4.69) is 10.3 Å². The molecule has 0 bridgehead atoms. The van der Waals surface area contributed by atoms with Crippen LogP contribution in [0.15, 0.2) is 42.5 Å². The average Bonchev–Trinajstić information content (AvgIpc) is 2.74. The van der Waals surface area contributed by atoms with Crippen LogP contribution in [0.2, 0.25) is 0 Å². The van der Waals surface area contributed by atoms with Crippen LogP contribution in [0.4, 0.5) is 11.6 Å². The van der Waals surface area contributed by atoms with Gasteiger partial charge in [-0.15, -0.1) is 0 Å². The van der Waals surface area contributed by atoms with Crippen LogP contribution in [-0.2, 0) is 6.42 Å². The molecule has 0 radical (unpaired) electrons. The minimum Gasteiger partial charge on any atom is -0.493 e. The molecule has 0 fully saturated rings. The van der Waals surface area contributed by atoms with Gasteiger partial charge in [0.1, 0.15) is 0 Å². The van der Waals surface area contributed by atoms with Gasteiger partial charge in [-0.1, -0.05) is 23.8 Å². The molecule has 1 heterocycles. The van der Waals surface area contributed by atoms with E-state index in [4.69, 9.17) is 14.5 Å². The Morgan fingerprint density at radius 2 is 1.67 bits per heavy atom. The molecule has 2 aromatic carbocycles. The summed E-state index contributed by atoms with van der Waals surface area (Å²) in [6, 6.07) is 13.9. The molecule has 6 nitrogen and oxygen atoms in total. The summed E-state index contributed by atoms with van der Waals surface area (Å²) in [4.78, 5) is 22.1. The number of ketones is 1. The first kappa shape index (κ1) is 19.9. The molecule has 6 heteroatoms. The van der Waals surface area contributed by atoms with Crippen molar-refractivity contribution < 1.29 is 14.3 Å². The Kier molecular flexibility index (Phi) is 5.40. The third kappa shape index (κ3) is 3.85. The lowest BCUT2D eigenvalue weighted by atomic mass is 9.81. The van der Waals surface area contributed by atoms with E-state index in [1.54, 1.807) is 14.2 Å². The van der Waals surface area contributed by atoms with Crippen LogP contribution >= 0.6 is 0 Å². The number of aromatic nitrogens is 2. The largest absolute Gasteiger partial charge is 0.493 e. The Hall–Kier alpha value is -3.41. The van der Waals surface area contributed by atoms with Crippen molar-refractivity contribution in [3.8, 4) is 11.5 Å². The maximum absolute atomic E-state index is 12.9. The molecule has 1 atom stereocenters. The standard InChI is InChI=1S/C24H25N3O3/c1-14-5-8-18(9-6-14)26-24-25-15(2)23-19(27-24)11-17(12-20(23)28)16-7-10-21(29-3)22(13-16)30-4/h5-10,13,17H,11-12H2,1-4H3,(H,25,26,27)/t17-/m0/s1. The Labute approximate surface area is 176 Å². The quantitative estimate of drug-likeness (QED) is 0.662. The van der Waals surface area contributed by atoms with E-state index in [1.807, 2.05) is 56.3 Å². The minimum absolute atomic E-state index is 0.0336. The second-order valence-electron chi connectivity index (χ2n) is 7.59. The molecule has 1 N–H and O–H groups in total. The lowest BCUT2D eigenvalue weighted by Gasteiger charge is -2.25. The highest BCUT2D eigenvalue weighted by molar-refractivity contribution is 5.99. The molecule has 0 amide bonds. The summed E-state index contributed by atoms with van der Waals surface area (Å²) in [6.07, 6.45) is 1.10. The van der Waals surface area contributed by atoms with Crippen molar-refractivity contribution in [2.24, 2.45) is 0 Å². The normalized spacial score (nSPS) is 15.5. The Balaban J connectivity index is 1.65. The van der Waals surface area contributed by atoms with Gasteiger partial charge in [0.2, 0.25) is 5.95 Å². The SMILES string of the molecule is COc1ccc([C@@H]2CC(=O)c3c(C)nc(Nc4ccc(C)cc4)nc3C2)cc1OC. The van der Waals surface area contributed by atoms with Crippen molar-refractivity contribution in [3.63, 3.8) is 0 Å². The van der Waals surface area contributed by atoms with Gasteiger partial charge >= 0.3 is 0 Å². The number of anilines is 2. The van der Waals surface area contributed by atoms with Crippen molar-refractivity contribution >= 4 is 17.4 Å². The zero-order valence-corrected chi connectivity index (χ0v) is 17.7. The highest BCUT2D eigenvalue weighted by Gasteiger charge is 2.30. The molecule has 1 aliphatic rings. The monoisotopic (exact) mass is 403 g/mol. The zero-order valence-electron chi connectivity index (χ0n) is 17.7. The maximum atomic E-state index is 12.9. The molecule has 0 spiro atoms. The number of hydrogen-bond donors (Lipinski definition) is 1. The summed E-state index contributed by atoms with van der Waals surface area (Å²) in [7, 11) is 3.22. The van der Waals surface area contributed by atoms with Crippen LogP contribution in [0.3, 0.4) is 0 Å². The van der Waals surface area contributed by atoms with E-state index in [1.165, 1.54) is 5.56 Å². The number of aryl methyl sites for hydroxylation is 2. The number of nitrogens with zero attached hydrogens (tertiary/aromatic N) is 2. The number of carbonyl (C=O) groups is 1. The summed E-state index contributed by atoms with van der Waals surface area (Å²) < 4.78 is 10.8. The summed E-state index contributed by atoms with van der Waals surface area (Å²) >= 11 is 0. The third-order valence-electron chi connectivity index (χ3n) is 5.50. The van der Waals surface area contributed by atoms with Crippen LogP contribution in [-0.4, -0.2) is 30.0 Å². The van der Waals surface area contributed by atoms with Gasteiger partial charge in [-0.05, 0) is 56.0 Å². The number of ether oxygens (including phenoxy) is 2. The van der Waals surface area contributed by atoms with Crippen LogP contribution in [0.1, 0.15) is 45.2 Å². The van der Waals surface area contributed by atoms with E-state index < -0.39 is 0 Å². The Morgan fingerprint density at radius 1 is 0.933 bits per heavy atom. The van der Waals surface area contributed by atoms with Crippen molar-refractivity contribution in [3.05, 3.63) is 70.5 Å². The van der Waals surface area contributed by atoms with E-state index in [0.29, 0.717) is 41.5 Å². The molecular weight excluding hydrogens is 378 g/mol. The summed E-state index contributed by atoms with van der Waals surface area (Å²) in [5.74, 6) is 1.96. The van der Waals surface area contributed by atoms with Crippen LogP contribution in [0, 0.1) is 13.8 Å². The average molecular weight is 403 g/mol. The van der Waals surface area contributed by atoms with Crippen LogP contribution < -0.4 is 14.8 Å². The Morgan fingerprint density at radius 3 is 2.37 bits per heavy atom. The second-order valence-corrected chi connectivity index (χ2v) is 7.59. The topological polar surface area (TPSA) is 73.3 Å². The predicted octanol–water partition coefficient (Wildman–Crippen LogP) is 4.77. The lowest BCUT2D eigenvalue weighted by molar-refractivity contribution is 0.0962. The zero-order chi connectivity index (χ0) is 21.3. The molecule has 3 aromatic rings. The van der Waals surface area contributed by atoms with Crippen molar-refractivity contribution in [1.82, 2.24) is 9.97 Å². The van der Waals surface area contributed by atoms with Crippen LogP contribution in [0.5, 0.6) is 11.5 Å². The lowest BCUT2D eigenvalue weighted by Crippen LogP contribution is -2.23. The fraction of sp³-hybridized carbons (Fsp3) is 0.292.